The lowest BCUT2D eigenvalue weighted by atomic mass is 10.1. The molecule has 0 saturated heterocycles. The normalized spacial score (nSPS) is 10.8. The molecule has 1 amide bonds. The average Bonchev–Trinajstić information content (AvgIpc) is 3.03. The van der Waals surface area contributed by atoms with E-state index >= 15 is 0 Å². The maximum absolute atomic E-state index is 13.1. The fraction of sp³-hybridized carbons (Fsp3) is 0.188. The Kier molecular flexibility index (Phi) is 4.68. The summed E-state index contributed by atoms with van der Waals surface area (Å²) in [6.07, 6.45) is -0.123. The maximum atomic E-state index is 13.1. The van der Waals surface area contributed by atoms with Crippen LogP contribution in [0, 0.1) is 25.5 Å². The molecule has 0 unspecified atom stereocenters. The van der Waals surface area contributed by atoms with Gasteiger partial charge in [-0.3, -0.25) is 4.79 Å². The summed E-state index contributed by atoms with van der Waals surface area (Å²) in [5.74, 6) is -1.78. The molecule has 0 saturated carbocycles. The van der Waals surface area contributed by atoms with E-state index in [4.69, 9.17) is 0 Å². The average molecular weight is 365 g/mol. The van der Waals surface area contributed by atoms with Gasteiger partial charge in [0.25, 0.3) is 0 Å². The van der Waals surface area contributed by atoms with E-state index in [1.165, 1.54) is 11.3 Å². The van der Waals surface area contributed by atoms with E-state index in [0.29, 0.717) is 5.13 Å². The smallest absolute Gasteiger partial charge is 0.230 e. The van der Waals surface area contributed by atoms with Crippen molar-refractivity contribution < 1.29 is 13.6 Å². The summed E-state index contributed by atoms with van der Waals surface area (Å²) in [7, 11) is 0. The minimum absolute atomic E-state index is 0.123. The molecule has 24 heavy (non-hydrogen) atoms. The second kappa shape index (κ2) is 6.74. The third kappa shape index (κ3) is 3.82. The SMILES string of the molecule is Cc1nc(C)c(-c2csc(NC(=O)Cc3cc(F)cc(F)c3)n2)s1. The first-order valence-electron chi connectivity index (χ1n) is 7.05. The Morgan fingerprint density at radius 2 is 1.88 bits per heavy atom. The van der Waals surface area contributed by atoms with Crippen LogP contribution in [-0.2, 0) is 11.2 Å². The molecule has 0 atom stereocenters. The van der Waals surface area contributed by atoms with Gasteiger partial charge in [0, 0.05) is 11.4 Å². The summed E-state index contributed by atoms with van der Waals surface area (Å²) < 4.78 is 26.3. The number of aryl methyl sites for hydroxylation is 2. The molecule has 0 aliphatic rings. The van der Waals surface area contributed by atoms with Crippen molar-refractivity contribution in [2.75, 3.05) is 5.32 Å². The number of amides is 1. The minimum atomic E-state index is -0.703. The van der Waals surface area contributed by atoms with Gasteiger partial charge in [0.1, 0.15) is 11.6 Å². The predicted octanol–water partition coefficient (Wildman–Crippen LogP) is 4.34. The number of hydrogen-bond acceptors (Lipinski definition) is 5. The Hall–Kier alpha value is -2.19. The number of halogens is 2. The lowest BCUT2D eigenvalue weighted by Crippen LogP contribution is -2.14. The van der Waals surface area contributed by atoms with Gasteiger partial charge in [0.15, 0.2) is 5.13 Å². The van der Waals surface area contributed by atoms with Crippen molar-refractivity contribution in [3.05, 3.63) is 51.5 Å². The molecule has 0 aliphatic heterocycles. The number of rotatable bonds is 4. The summed E-state index contributed by atoms with van der Waals surface area (Å²) in [5, 5.41) is 5.89. The molecule has 2 aromatic heterocycles. The van der Waals surface area contributed by atoms with Gasteiger partial charge in [-0.2, -0.15) is 0 Å². The Bertz CT molecular complexity index is 884. The van der Waals surface area contributed by atoms with Crippen LogP contribution >= 0.6 is 22.7 Å². The van der Waals surface area contributed by atoms with E-state index in [9.17, 15) is 13.6 Å². The van der Waals surface area contributed by atoms with Gasteiger partial charge in [0.2, 0.25) is 5.91 Å². The van der Waals surface area contributed by atoms with Crippen molar-refractivity contribution in [2.45, 2.75) is 20.3 Å². The minimum Gasteiger partial charge on any atom is -0.302 e. The van der Waals surface area contributed by atoms with Crippen LogP contribution in [0.4, 0.5) is 13.9 Å². The van der Waals surface area contributed by atoms with E-state index in [-0.39, 0.29) is 17.9 Å². The molecule has 0 bridgehead atoms. The number of nitrogens with one attached hydrogen (secondary N) is 1. The van der Waals surface area contributed by atoms with Gasteiger partial charge in [0.05, 0.1) is 27.7 Å². The summed E-state index contributed by atoms with van der Waals surface area (Å²) in [6, 6.07) is 3.05. The summed E-state index contributed by atoms with van der Waals surface area (Å²) in [4.78, 5) is 21.7. The van der Waals surface area contributed by atoms with Crippen LogP contribution in [-0.4, -0.2) is 15.9 Å². The monoisotopic (exact) mass is 365 g/mol. The molecular weight excluding hydrogens is 352 g/mol. The van der Waals surface area contributed by atoms with Crippen LogP contribution in [0.15, 0.2) is 23.6 Å². The van der Waals surface area contributed by atoms with Crippen LogP contribution < -0.4 is 5.32 Å². The number of thiazole rings is 2. The summed E-state index contributed by atoms with van der Waals surface area (Å²) in [6.45, 7) is 3.84. The van der Waals surface area contributed by atoms with Crippen molar-refractivity contribution in [1.29, 1.82) is 0 Å². The summed E-state index contributed by atoms with van der Waals surface area (Å²) >= 11 is 2.84. The second-order valence-corrected chi connectivity index (χ2v) is 7.25. The number of hydrogen-bond donors (Lipinski definition) is 1. The molecule has 1 N–H and O–H groups in total. The lowest BCUT2D eigenvalue weighted by Gasteiger charge is -2.02. The Labute approximate surface area is 145 Å². The summed E-state index contributed by atoms with van der Waals surface area (Å²) in [5.41, 5.74) is 1.93. The van der Waals surface area contributed by atoms with Crippen molar-refractivity contribution in [1.82, 2.24) is 9.97 Å². The van der Waals surface area contributed by atoms with Crippen LogP contribution in [0.25, 0.3) is 10.6 Å². The fourth-order valence-electron chi connectivity index (χ4n) is 2.27. The van der Waals surface area contributed by atoms with Gasteiger partial charge in [-0.15, -0.1) is 22.7 Å². The molecule has 124 valence electrons. The zero-order valence-electron chi connectivity index (χ0n) is 12.9. The Balaban J connectivity index is 1.70. The van der Waals surface area contributed by atoms with Gasteiger partial charge in [-0.25, -0.2) is 18.7 Å². The number of carbonyl (C=O) groups excluding carboxylic acids is 1. The molecule has 2 heterocycles. The third-order valence-corrected chi connectivity index (χ3v) is 5.03. The zero-order valence-corrected chi connectivity index (χ0v) is 14.5. The zero-order chi connectivity index (χ0) is 17.3. The standard InChI is InChI=1S/C16H13F2N3OS2/c1-8-15(24-9(2)19-8)13-7-23-16(20-13)21-14(22)5-10-3-11(17)6-12(18)4-10/h3-4,6-7H,5H2,1-2H3,(H,20,21,22). The Morgan fingerprint density at radius 3 is 2.50 bits per heavy atom. The van der Waals surface area contributed by atoms with Gasteiger partial charge in [-0.1, -0.05) is 0 Å². The van der Waals surface area contributed by atoms with Crippen LogP contribution in [0.3, 0.4) is 0 Å². The molecule has 0 spiro atoms. The number of carbonyl (C=O) groups is 1. The molecule has 4 nitrogen and oxygen atoms in total. The lowest BCUT2D eigenvalue weighted by molar-refractivity contribution is -0.115. The van der Waals surface area contributed by atoms with E-state index in [1.54, 1.807) is 11.3 Å². The first-order valence-corrected chi connectivity index (χ1v) is 8.75. The number of aromatic nitrogens is 2. The molecule has 3 aromatic rings. The van der Waals surface area contributed by atoms with Crippen LogP contribution in [0.2, 0.25) is 0 Å². The van der Waals surface area contributed by atoms with E-state index in [1.807, 2.05) is 19.2 Å². The van der Waals surface area contributed by atoms with Crippen LogP contribution in [0.1, 0.15) is 16.3 Å². The largest absolute Gasteiger partial charge is 0.302 e. The molecule has 3 rings (SSSR count). The first-order chi connectivity index (χ1) is 11.4. The maximum Gasteiger partial charge on any atom is 0.230 e. The molecular formula is C16H13F2N3OS2. The predicted molar refractivity (Wildman–Crippen MR) is 91.4 cm³/mol. The van der Waals surface area contributed by atoms with Crippen LogP contribution in [0.5, 0.6) is 0 Å². The highest BCUT2D eigenvalue weighted by atomic mass is 32.1. The number of nitrogens with zero attached hydrogens (tertiary/aromatic N) is 2. The molecule has 0 aliphatic carbocycles. The highest BCUT2D eigenvalue weighted by Crippen LogP contribution is 2.32. The first kappa shape index (κ1) is 16.7. The topological polar surface area (TPSA) is 54.9 Å². The molecule has 1 aromatic carbocycles. The van der Waals surface area contributed by atoms with Crippen molar-refractivity contribution in [3.8, 4) is 10.6 Å². The fourth-order valence-corrected chi connectivity index (χ4v) is 3.94. The van der Waals surface area contributed by atoms with E-state index in [2.05, 4.69) is 15.3 Å². The van der Waals surface area contributed by atoms with E-state index in [0.717, 1.165) is 39.5 Å². The Morgan fingerprint density at radius 1 is 1.17 bits per heavy atom. The number of anilines is 1. The molecule has 0 radical (unpaired) electrons. The van der Waals surface area contributed by atoms with Crippen molar-refractivity contribution in [3.63, 3.8) is 0 Å². The van der Waals surface area contributed by atoms with Gasteiger partial charge in [-0.05, 0) is 31.5 Å². The van der Waals surface area contributed by atoms with Gasteiger partial charge >= 0.3 is 0 Å². The van der Waals surface area contributed by atoms with E-state index < -0.39 is 11.6 Å². The van der Waals surface area contributed by atoms with Crippen molar-refractivity contribution >= 4 is 33.7 Å². The van der Waals surface area contributed by atoms with Crippen molar-refractivity contribution in [2.24, 2.45) is 0 Å². The number of benzene rings is 1. The highest BCUT2D eigenvalue weighted by molar-refractivity contribution is 7.16. The molecule has 0 fully saturated rings. The highest BCUT2D eigenvalue weighted by Gasteiger charge is 2.13. The quantitative estimate of drug-likeness (QED) is 0.748. The van der Waals surface area contributed by atoms with Gasteiger partial charge < -0.3 is 5.32 Å². The molecule has 8 heteroatoms. The third-order valence-electron chi connectivity index (χ3n) is 3.17. The second-order valence-electron chi connectivity index (χ2n) is 5.19.